The zero-order valence-corrected chi connectivity index (χ0v) is 18.4. The van der Waals surface area contributed by atoms with Gasteiger partial charge >= 0.3 is 0 Å². The minimum Gasteiger partial charge on any atom is -0.497 e. The molecule has 7 nitrogen and oxygen atoms in total. The second-order valence-electron chi connectivity index (χ2n) is 7.97. The van der Waals surface area contributed by atoms with Gasteiger partial charge in [0.1, 0.15) is 17.2 Å². The first-order chi connectivity index (χ1) is 15.6. The molecule has 0 aliphatic carbocycles. The summed E-state index contributed by atoms with van der Waals surface area (Å²) in [4.78, 5) is 30.5. The molecule has 2 aliphatic heterocycles. The third-order valence-corrected chi connectivity index (χ3v) is 5.92. The number of piperidine rings is 1. The van der Waals surface area contributed by atoms with Crippen molar-refractivity contribution in [3.8, 4) is 11.5 Å². The number of hydrogen-bond acceptors (Lipinski definition) is 6. The molecule has 0 bridgehead atoms. The molecule has 7 heteroatoms. The van der Waals surface area contributed by atoms with Crippen LogP contribution in [0.15, 0.2) is 54.2 Å². The molecule has 4 rings (SSSR count). The summed E-state index contributed by atoms with van der Waals surface area (Å²) < 4.78 is 10.8. The van der Waals surface area contributed by atoms with Gasteiger partial charge in [0.25, 0.3) is 11.8 Å². The van der Waals surface area contributed by atoms with E-state index < -0.39 is 0 Å². The summed E-state index contributed by atoms with van der Waals surface area (Å²) in [7, 11) is 1.58. The van der Waals surface area contributed by atoms with Crippen LogP contribution in [-0.4, -0.2) is 55.2 Å². The number of ether oxygens (including phenoxy) is 2. The van der Waals surface area contributed by atoms with Crippen molar-refractivity contribution in [1.82, 2.24) is 4.90 Å². The molecule has 168 valence electrons. The van der Waals surface area contributed by atoms with Crippen molar-refractivity contribution in [1.29, 1.82) is 0 Å². The fourth-order valence-electron chi connectivity index (χ4n) is 4.36. The monoisotopic (exact) mass is 436 g/mol. The van der Waals surface area contributed by atoms with Gasteiger partial charge in [0, 0.05) is 25.8 Å². The van der Waals surface area contributed by atoms with Gasteiger partial charge in [-0.05, 0) is 55.5 Å². The van der Waals surface area contributed by atoms with E-state index in [1.807, 2.05) is 11.8 Å². The van der Waals surface area contributed by atoms with Crippen LogP contribution in [0.2, 0.25) is 0 Å². The molecular formula is C25H28N2O5. The van der Waals surface area contributed by atoms with Crippen molar-refractivity contribution < 1.29 is 24.2 Å². The zero-order valence-electron chi connectivity index (χ0n) is 18.4. The molecular weight excluding hydrogens is 408 g/mol. The summed E-state index contributed by atoms with van der Waals surface area (Å²) in [5, 5.41) is 9.69. The molecule has 2 heterocycles. The molecule has 2 aromatic rings. The summed E-state index contributed by atoms with van der Waals surface area (Å²) in [6.07, 6.45) is 1.76. The standard InChI is InChI=1S/C25H28N2O5/c1-3-32-21-8-4-7-19(14-21)27-24(29)22(18-9-11-20(31-2)12-10-18)23(25(27)30)26-13-5-6-17(15-26)16-28/h4,7-12,14,17,28H,3,5-6,13,15-16H2,1-2H3. The molecule has 2 aromatic carbocycles. The molecule has 2 aliphatic rings. The summed E-state index contributed by atoms with van der Waals surface area (Å²) in [5.41, 5.74) is 1.90. The lowest BCUT2D eigenvalue weighted by Crippen LogP contribution is -2.40. The van der Waals surface area contributed by atoms with Crippen LogP contribution >= 0.6 is 0 Å². The van der Waals surface area contributed by atoms with Crippen LogP contribution in [0.5, 0.6) is 11.5 Å². The van der Waals surface area contributed by atoms with Gasteiger partial charge < -0.3 is 19.5 Å². The van der Waals surface area contributed by atoms with Crippen LogP contribution < -0.4 is 14.4 Å². The fraction of sp³-hybridized carbons (Fsp3) is 0.360. The van der Waals surface area contributed by atoms with Crippen molar-refractivity contribution in [2.45, 2.75) is 19.8 Å². The molecule has 1 fully saturated rings. The van der Waals surface area contributed by atoms with Gasteiger partial charge in [0.2, 0.25) is 0 Å². The first-order valence-electron chi connectivity index (χ1n) is 10.9. The number of carbonyl (C=O) groups is 2. The number of aliphatic hydroxyl groups is 1. The van der Waals surface area contributed by atoms with Crippen LogP contribution in [0, 0.1) is 5.92 Å². The van der Waals surface area contributed by atoms with Crippen LogP contribution in [-0.2, 0) is 9.59 Å². The summed E-state index contributed by atoms with van der Waals surface area (Å²) in [6.45, 7) is 3.63. The predicted octanol–water partition coefficient (Wildman–Crippen LogP) is 3.08. The summed E-state index contributed by atoms with van der Waals surface area (Å²) >= 11 is 0. The van der Waals surface area contributed by atoms with Gasteiger partial charge in [0.05, 0.1) is 25.0 Å². The van der Waals surface area contributed by atoms with Crippen molar-refractivity contribution >= 4 is 23.1 Å². The Hall–Kier alpha value is -3.32. The highest BCUT2D eigenvalue weighted by Crippen LogP contribution is 2.37. The molecule has 32 heavy (non-hydrogen) atoms. The first kappa shape index (κ1) is 21.9. The highest BCUT2D eigenvalue weighted by Gasteiger charge is 2.43. The lowest BCUT2D eigenvalue weighted by molar-refractivity contribution is -0.120. The van der Waals surface area contributed by atoms with E-state index in [1.54, 1.807) is 55.6 Å². The normalized spacial score (nSPS) is 19.0. The van der Waals surface area contributed by atoms with Crippen molar-refractivity contribution in [2.75, 3.05) is 38.3 Å². The fourth-order valence-corrected chi connectivity index (χ4v) is 4.36. The highest BCUT2D eigenvalue weighted by atomic mass is 16.5. The Kier molecular flexibility index (Phi) is 6.46. The van der Waals surface area contributed by atoms with E-state index in [9.17, 15) is 14.7 Å². The quantitative estimate of drug-likeness (QED) is 0.672. The molecule has 1 unspecified atom stereocenters. The van der Waals surface area contributed by atoms with Crippen molar-refractivity contribution in [3.63, 3.8) is 0 Å². The lowest BCUT2D eigenvalue weighted by Gasteiger charge is -2.34. The molecule has 2 amide bonds. The third-order valence-electron chi connectivity index (χ3n) is 5.92. The van der Waals surface area contributed by atoms with Gasteiger partial charge in [-0.25, -0.2) is 4.90 Å². The van der Waals surface area contributed by atoms with Gasteiger partial charge in [-0.3, -0.25) is 9.59 Å². The number of hydrogen-bond donors (Lipinski definition) is 1. The van der Waals surface area contributed by atoms with Gasteiger partial charge in [0.15, 0.2) is 0 Å². The largest absolute Gasteiger partial charge is 0.497 e. The minimum atomic E-state index is -0.366. The second kappa shape index (κ2) is 9.44. The maximum Gasteiger partial charge on any atom is 0.282 e. The molecule has 0 aromatic heterocycles. The molecule has 1 atom stereocenters. The number of aliphatic hydroxyl groups excluding tert-OH is 1. The van der Waals surface area contributed by atoms with Crippen LogP contribution in [0.1, 0.15) is 25.3 Å². The number of benzene rings is 2. The Labute approximate surface area is 187 Å². The Morgan fingerprint density at radius 1 is 1.06 bits per heavy atom. The summed E-state index contributed by atoms with van der Waals surface area (Å²) in [5.74, 6) is 0.630. The van der Waals surface area contributed by atoms with Crippen molar-refractivity contribution in [3.05, 3.63) is 59.8 Å². The van der Waals surface area contributed by atoms with Crippen LogP contribution in [0.25, 0.3) is 5.57 Å². The average molecular weight is 437 g/mol. The topological polar surface area (TPSA) is 79.3 Å². The Morgan fingerprint density at radius 2 is 1.84 bits per heavy atom. The number of imide groups is 1. The number of carbonyl (C=O) groups excluding carboxylic acids is 2. The Morgan fingerprint density at radius 3 is 2.53 bits per heavy atom. The average Bonchev–Trinajstić information content (AvgIpc) is 3.09. The third kappa shape index (κ3) is 4.08. The molecule has 0 radical (unpaired) electrons. The smallest absolute Gasteiger partial charge is 0.282 e. The van der Waals surface area contributed by atoms with E-state index >= 15 is 0 Å². The molecule has 1 saturated heterocycles. The number of likely N-dealkylation sites (tertiary alicyclic amines) is 1. The predicted molar refractivity (Wildman–Crippen MR) is 121 cm³/mol. The van der Waals surface area contributed by atoms with E-state index in [-0.39, 0.29) is 24.3 Å². The first-order valence-corrected chi connectivity index (χ1v) is 10.9. The van der Waals surface area contributed by atoms with Crippen LogP contribution in [0.4, 0.5) is 5.69 Å². The number of rotatable bonds is 7. The van der Waals surface area contributed by atoms with E-state index in [0.29, 0.717) is 53.7 Å². The van der Waals surface area contributed by atoms with E-state index in [1.165, 1.54) is 4.90 Å². The molecule has 0 saturated carbocycles. The van der Waals surface area contributed by atoms with Gasteiger partial charge in [-0.2, -0.15) is 0 Å². The zero-order chi connectivity index (χ0) is 22.7. The maximum atomic E-state index is 13.7. The Balaban J connectivity index is 1.78. The van der Waals surface area contributed by atoms with Gasteiger partial charge in [-0.1, -0.05) is 18.2 Å². The SMILES string of the molecule is CCOc1cccc(N2C(=O)C(c3ccc(OC)cc3)=C(N3CCCC(CO)C3)C2=O)c1. The Bertz CT molecular complexity index is 1030. The second-order valence-corrected chi connectivity index (χ2v) is 7.97. The number of methoxy groups -OCH3 is 1. The minimum absolute atomic E-state index is 0.0594. The number of amides is 2. The van der Waals surface area contributed by atoms with Crippen LogP contribution in [0.3, 0.4) is 0 Å². The highest BCUT2D eigenvalue weighted by molar-refractivity contribution is 6.45. The van der Waals surface area contributed by atoms with E-state index in [4.69, 9.17) is 9.47 Å². The molecule has 1 N–H and O–H groups in total. The van der Waals surface area contributed by atoms with Gasteiger partial charge in [-0.15, -0.1) is 0 Å². The van der Waals surface area contributed by atoms with E-state index in [2.05, 4.69) is 0 Å². The molecule has 0 spiro atoms. The maximum absolute atomic E-state index is 13.7. The number of nitrogens with zero attached hydrogens (tertiary/aromatic N) is 2. The van der Waals surface area contributed by atoms with E-state index in [0.717, 1.165) is 12.8 Å². The lowest BCUT2D eigenvalue weighted by atomic mass is 9.97. The number of anilines is 1. The summed E-state index contributed by atoms with van der Waals surface area (Å²) in [6, 6.07) is 14.2. The van der Waals surface area contributed by atoms with Crippen molar-refractivity contribution in [2.24, 2.45) is 5.92 Å².